The van der Waals surface area contributed by atoms with E-state index >= 15 is 0 Å². The smallest absolute Gasteiger partial charge is 0.229 e. The molecule has 5 heteroatoms. The molecule has 0 fully saturated rings. The van der Waals surface area contributed by atoms with Crippen LogP contribution in [-0.2, 0) is 4.57 Å². The van der Waals surface area contributed by atoms with Crippen molar-refractivity contribution in [3.05, 3.63) is 28.2 Å². The molecule has 0 saturated carbocycles. The quantitative estimate of drug-likeness (QED) is 0.839. The van der Waals surface area contributed by atoms with E-state index in [9.17, 15) is 9.46 Å². The highest BCUT2D eigenvalue weighted by Gasteiger charge is 2.20. The molecule has 1 rings (SSSR count). The van der Waals surface area contributed by atoms with Crippen molar-refractivity contribution in [2.45, 2.75) is 13.3 Å². The minimum Gasteiger partial charge on any atom is -0.341 e. The number of hydrogen-bond acceptors (Lipinski definition) is 1. The topological polar surface area (TPSA) is 37.3 Å². The van der Waals surface area contributed by atoms with Crippen molar-refractivity contribution < 1.29 is 9.46 Å². The zero-order chi connectivity index (χ0) is 10.8. The second kappa shape index (κ2) is 4.67. The molecular weight excluding hydrogens is 242 g/mol. The summed E-state index contributed by atoms with van der Waals surface area (Å²) in [6.45, 7) is 1.86. The molecule has 0 spiro atoms. The Labute approximate surface area is 93.3 Å². The van der Waals surface area contributed by atoms with Crippen molar-refractivity contribution in [2.75, 3.05) is 6.16 Å². The molecule has 0 aliphatic heterocycles. The lowest BCUT2D eigenvalue weighted by molar-refractivity contribution is 0.489. The first-order valence-corrected chi connectivity index (χ1v) is 6.85. The standard InChI is InChI=1S/C9H11Cl2O2P/c1-2-5-14(12,13)7-3-4-8(10)9(11)6-7/h3-4,6H,2,5H2,1H3,(H,12,13). The molecule has 0 aromatic heterocycles. The van der Waals surface area contributed by atoms with Gasteiger partial charge < -0.3 is 4.89 Å². The van der Waals surface area contributed by atoms with E-state index < -0.39 is 7.37 Å². The fraction of sp³-hybridized carbons (Fsp3) is 0.333. The van der Waals surface area contributed by atoms with Crippen molar-refractivity contribution >= 4 is 35.9 Å². The highest BCUT2D eigenvalue weighted by atomic mass is 35.5. The van der Waals surface area contributed by atoms with Gasteiger partial charge in [0.05, 0.1) is 10.0 Å². The Bertz CT molecular complexity index is 379. The third-order valence-electron chi connectivity index (χ3n) is 1.83. The predicted octanol–water partition coefficient (Wildman–Crippen LogP) is 3.30. The van der Waals surface area contributed by atoms with E-state index in [4.69, 9.17) is 23.2 Å². The summed E-state index contributed by atoms with van der Waals surface area (Å²) in [6, 6.07) is 4.54. The molecule has 0 aliphatic carbocycles. The molecule has 0 amide bonds. The first-order chi connectivity index (χ1) is 6.47. The third-order valence-corrected chi connectivity index (χ3v) is 4.71. The van der Waals surface area contributed by atoms with E-state index in [-0.39, 0.29) is 6.16 Å². The van der Waals surface area contributed by atoms with E-state index in [1.807, 2.05) is 6.92 Å². The fourth-order valence-electron chi connectivity index (χ4n) is 1.13. The van der Waals surface area contributed by atoms with Crippen molar-refractivity contribution in [1.29, 1.82) is 0 Å². The molecule has 1 atom stereocenters. The minimum absolute atomic E-state index is 0.269. The molecule has 0 radical (unpaired) electrons. The molecule has 0 heterocycles. The fourth-order valence-corrected chi connectivity index (χ4v) is 3.01. The Hall–Kier alpha value is -0.0100. The van der Waals surface area contributed by atoms with Crippen LogP contribution < -0.4 is 5.30 Å². The van der Waals surface area contributed by atoms with Crippen LogP contribution in [0.5, 0.6) is 0 Å². The number of rotatable bonds is 3. The normalized spacial score (nSPS) is 15.1. The summed E-state index contributed by atoms with van der Waals surface area (Å²) in [5.74, 6) is 0. The van der Waals surface area contributed by atoms with E-state index in [2.05, 4.69) is 0 Å². The first kappa shape index (κ1) is 12.1. The van der Waals surface area contributed by atoms with Gasteiger partial charge >= 0.3 is 0 Å². The molecule has 78 valence electrons. The summed E-state index contributed by atoms with van der Waals surface area (Å²) in [5, 5.41) is 1.08. The summed E-state index contributed by atoms with van der Waals surface area (Å²) in [7, 11) is -3.23. The van der Waals surface area contributed by atoms with Crippen molar-refractivity contribution in [3.8, 4) is 0 Å². The van der Waals surface area contributed by atoms with Crippen LogP contribution in [0.25, 0.3) is 0 Å². The SMILES string of the molecule is CCCP(=O)(O)c1ccc(Cl)c(Cl)c1. The van der Waals surface area contributed by atoms with Gasteiger partial charge in [0.15, 0.2) is 0 Å². The van der Waals surface area contributed by atoms with Gasteiger partial charge in [-0.15, -0.1) is 0 Å². The highest BCUT2D eigenvalue weighted by molar-refractivity contribution is 7.66. The van der Waals surface area contributed by atoms with Crippen LogP contribution in [-0.4, -0.2) is 11.1 Å². The summed E-state index contributed by atoms with van der Waals surface area (Å²) < 4.78 is 11.7. The maximum atomic E-state index is 11.7. The predicted molar refractivity (Wildman–Crippen MR) is 61.1 cm³/mol. The second-order valence-electron chi connectivity index (χ2n) is 3.02. The number of hydrogen-bond donors (Lipinski definition) is 1. The summed E-state index contributed by atoms with van der Waals surface area (Å²) in [6.07, 6.45) is 0.930. The number of benzene rings is 1. The van der Waals surface area contributed by atoms with Crippen LogP contribution in [0.3, 0.4) is 0 Å². The van der Waals surface area contributed by atoms with E-state index in [0.29, 0.717) is 21.8 Å². The maximum Gasteiger partial charge on any atom is 0.229 e. The average Bonchev–Trinajstić information content (AvgIpc) is 2.09. The van der Waals surface area contributed by atoms with Gasteiger partial charge in [0.1, 0.15) is 0 Å². The first-order valence-electron chi connectivity index (χ1n) is 4.25. The molecular formula is C9H11Cl2O2P. The van der Waals surface area contributed by atoms with Crippen LogP contribution in [0.4, 0.5) is 0 Å². The van der Waals surface area contributed by atoms with Crippen LogP contribution in [0.15, 0.2) is 18.2 Å². The van der Waals surface area contributed by atoms with E-state index in [1.54, 1.807) is 6.07 Å². The maximum absolute atomic E-state index is 11.7. The van der Waals surface area contributed by atoms with Gasteiger partial charge in [0.2, 0.25) is 7.37 Å². The molecule has 0 bridgehead atoms. The Morgan fingerprint density at radius 2 is 2.00 bits per heavy atom. The van der Waals surface area contributed by atoms with Crippen LogP contribution in [0.1, 0.15) is 13.3 Å². The van der Waals surface area contributed by atoms with Gasteiger partial charge in [0, 0.05) is 11.5 Å². The third kappa shape index (κ3) is 2.74. The Kier molecular flexibility index (Phi) is 4.03. The van der Waals surface area contributed by atoms with Gasteiger partial charge in [-0.25, -0.2) is 0 Å². The Morgan fingerprint density at radius 3 is 2.50 bits per heavy atom. The molecule has 0 saturated heterocycles. The molecule has 1 N–H and O–H groups in total. The van der Waals surface area contributed by atoms with Gasteiger partial charge in [-0.05, 0) is 24.6 Å². The van der Waals surface area contributed by atoms with Crippen LogP contribution >= 0.6 is 30.6 Å². The largest absolute Gasteiger partial charge is 0.341 e. The average molecular weight is 253 g/mol. The number of halogens is 2. The molecule has 14 heavy (non-hydrogen) atoms. The summed E-state index contributed by atoms with van der Waals surface area (Å²) in [4.78, 5) is 9.65. The summed E-state index contributed by atoms with van der Waals surface area (Å²) in [5.41, 5.74) is 0. The van der Waals surface area contributed by atoms with Crippen LogP contribution in [0.2, 0.25) is 10.0 Å². The molecule has 2 nitrogen and oxygen atoms in total. The lowest BCUT2D eigenvalue weighted by Crippen LogP contribution is -2.06. The lowest BCUT2D eigenvalue weighted by Gasteiger charge is -2.10. The zero-order valence-corrected chi connectivity index (χ0v) is 10.1. The second-order valence-corrected chi connectivity index (χ2v) is 6.20. The van der Waals surface area contributed by atoms with Gasteiger partial charge in [0.25, 0.3) is 0 Å². The van der Waals surface area contributed by atoms with E-state index in [1.165, 1.54) is 12.1 Å². The minimum atomic E-state index is -3.23. The highest BCUT2D eigenvalue weighted by Crippen LogP contribution is 2.40. The monoisotopic (exact) mass is 252 g/mol. The van der Waals surface area contributed by atoms with Crippen LogP contribution in [0, 0.1) is 0 Å². The van der Waals surface area contributed by atoms with E-state index in [0.717, 1.165) is 0 Å². The van der Waals surface area contributed by atoms with Crippen molar-refractivity contribution in [3.63, 3.8) is 0 Å². The summed E-state index contributed by atoms with van der Waals surface area (Å²) >= 11 is 11.5. The lowest BCUT2D eigenvalue weighted by atomic mass is 10.4. The molecule has 1 unspecified atom stereocenters. The molecule has 1 aromatic carbocycles. The van der Waals surface area contributed by atoms with Gasteiger partial charge in [-0.1, -0.05) is 30.1 Å². The van der Waals surface area contributed by atoms with Gasteiger partial charge in [-0.2, -0.15) is 0 Å². The molecule has 0 aliphatic rings. The molecule has 1 aromatic rings. The Morgan fingerprint density at radius 1 is 1.36 bits per heavy atom. The Balaban J connectivity index is 3.08. The van der Waals surface area contributed by atoms with Crippen molar-refractivity contribution in [2.24, 2.45) is 0 Å². The van der Waals surface area contributed by atoms with Gasteiger partial charge in [-0.3, -0.25) is 4.57 Å². The van der Waals surface area contributed by atoms with Crippen molar-refractivity contribution in [1.82, 2.24) is 0 Å². The zero-order valence-electron chi connectivity index (χ0n) is 7.70.